The maximum atomic E-state index is 12.4. The molecule has 0 fully saturated rings. The van der Waals surface area contributed by atoms with E-state index in [9.17, 15) is 8.78 Å². The third-order valence-corrected chi connectivity index (χ3v) is 1.87. The Labute approximate surface area is 93.9 Å². The molecule has 4 heteroatoms. The molecule has 88 valence electrons. The van der Waals surface area contributed by atoms with Crippen LogP contribution in [0.15, 0.2) is 29.4 Å². The van der Waals surface area contributed by atoms with Gasteiger partial charge in [-0.2, -0.15) is 0 Å². The van der Waals surface area contributed by atoms with Gasteiger partial charge >= 0.3 is 0 Å². The minimum Gasteiger partial charge on any atom is -0.391 e. The SMILES string of the molecule is CC(C)C=NOCc1cccc(C(F)F)c1. The Bertz CT molecular complexity index is 351. The molecule has 1 aromatic carbocycles. The first-order valence-corrected chi connectivity index (χ1v) is 5.12. The molecule has 0 aliphatic heterocycles. The number of hydrogen-bond donors (Lipinski definition) is 0. The Morgan fingerprint density at radius 2 is 2.12 bits per heavy atom. The Morgan fingerprint density at radius 1 is 1.38 bits per heavy atom. The van der Waals surface area contributed by atoms with Crippen molar-refractivity contribution in [2.75, 3.05) is 0 Å². The van der Waals surface area contributed by atoms with E-state index in [1.807, 2.05) is 13.8 Å². The van der Waals surface area contributed by atoms with Gasteiger partial charge in [0.2, 0.25) is 0 Å². The van der Waals surface area contributed by atoms with Gasteiger partial charge in [-0.05, 0) is 17.5 Å². The molecule has 0 atom stereocenters. The van der Waals surface area contributed by atoms with Crippen LogP contribution in [-0.2, 0) is 11.4 Å². The normalized spacial score (nSPS) is 11.6. The fourth-order valence-corrected chi connectivity index (χ4v) is 1.10. The summed E-state index contributed by atoms with van der Waals surface area (Å²) in [5, 5.41) is 3.73. The first-order valence-electron chi connectivity index (χ1n) is 5.12. The highest BCUT2D eigenvalue weighted by atomic mass is 19.3. The Kier molecular flexibility index (Phi) is 4.89. The smallest absolute Gasteiger partial charge is 0.263 e. The van der Waals surface area contributed by atoms with Gasteiger partial charge in [0.05, 0.1) is 0 Å². The molecule has 0 radical (unpaired) electrons. The van der Waals surface area contributed by atoms with Crippen LogP contribution in [-0.4, -0.2) is 6.21 Å². The average Bonchev–Trinajstić information content (AvgIpc) is 2.24. The third kappa shape index (κ3) is 4.38. The van der Waals surface area contributed by atoms with Gasteiger partial charge in [-0.1, -0.05) is 37.2 Å². The Hall–Kier alpha value is -1.45. The van der Waals surface area contributed by atoms with E-state index in [1.165, 1.54) is 12.1 Å². The summed E-state index contributed by atoms with van der Waals surface area (Å²) >= 11 is 0. The van der Waals surface area contributed by atoms with E-state index in [2.05, 4.69) is 5.16 Å². The minimum atomic E-state index is -2.45. The molecule has 1 aromatic rings. The van der Waals surface area contributed by atoms with E-state index >= 15 is 0 Å². The van der Waals surface area contributed by atoms with Crippen LogP contribution in [0.25, 0.3) is 0 Å². The fraction of sp³-hybridized carbons (Fsp3) is 0.417. The molecule has 0 bridgehead atoms. The van der Waals surface area contributed by atoms with E-state index < -0.39 is 6.43 Å². The number of halogens is 2. The standard InChI is InChI=1S/C12H15F2NO/c1-9(2)7-15-16-8-10-4-3-5-11(6-10)12(13)14/h3-7,9,12H,8H2,1-2H3. The van der Waals surface area contributed by atoms with Crippen LogP contribution >= 0.6 is 0 Å². The number of hydrogen-bond acceptors (Lipinski definition) is 2. The second-order valence-corrected chi connectivity index (χ2v) is 3.82. The van der Waals surface area contributed by atoms with Crippen molar-refractivity contribution in [2.24, 2.45) is 11.1 Å². The largest absolute Gasteiger partial charge is 0.391 e. The molecule has 0 aliphatic rings. The average molecular weight is 227 g/mol. The van der Waals surface area contributed by atoms with Crippen LogP contribution in [0.3, 0.4) is 0 Å². The second-order valence-electron chi connectivity index (χ2n) is 3.82. The zero-order valence-corrected chi connectivity index (χ0v) is 9.36. The molecular weight excluding hydrogens is 212 g/mol. The molecule has 0 spiro atoms. The third-order valence-electron chi connectivity index (χ3n) is 1.87. The maximum Gasteiger partial charge on any atom is 0.263 e. The molecular formula is C12H15F2NO. The van der Waals surface area contributed by atoms with Crippen molar-refractivity contribution < 1.29 is 13.6 Å². The van der Waals surface area contributed by atoms with E-state index in [0.29, 0.717) is 11.5 Å². The Balaban J connectivity index is 2.51. The van der Waals surface area contributed by atoms with E-state index in [0.717, 1.165) is 0 Å². The van der Waals surface area contributed by atoms with Crippen LogP contribution in [0.4, 0.5) is 8.78 Å². The van der Waals surface area contributed by atoms with Crippen LogP contribution in [0, 0.1) is 5.92 Å². The monoisotopic (exact) mass is 227 g/mol. The summed E-state index contributed by atoms with van der Waals surface area (Å²) in [6, 6.07) is 6.14. The maximum absolute atomic E-state index is 12.4. The zero-order chi connectivity index (χ0) is 12.0. The number of alkyl halides is 2. The molecule has 16 heavy (non-hydrogen) atoms. The van der Waals surface area contributed by atoms with Crippen molar-refractivity contribution in [3.05, 3.63) is 35.4 Å². The number of nitrogens with zero attached hydrogens (tertiary/aromatic N) is 1. The number of benzene rings is 1. The van der Waals surface area contributed by atoms with Crippen LogP contribution in [0.1, 0.15) is 31.4 Å². The summed E-state index contributed by atoms with van der Waals surface area (Å²) in [5.74, 6) is 0.312. The van der Waals surface area contributed by atoms with Gasteiger partial charge in [0, 0.05) is 11.8 Å². The molecule has 2 nitrogen and oxygen atoms in total. The molecule has 0 unspecified atom stereocenters. The van der Waals surface area contributed by atoms with Gasteiger partial charge in [0.1, 0.15) is 6.61 Å². The zero-order valence-electron chi connectivity index (χ0n) is 9.36. The molecule has 0 saturated carbocycles. The predicted molar refractivity (Wildman–Crippen MR) is 59.5 cm³/mol. The summed E-state index contributed by atoms with van der Waals surface area (Å²) in [4.78, 5) is 4.99. The summed E-state index contributed by atoms with van der Waals surface area (Å²) < 4.78 is 24.7. The predicted octanol–water partition coefficient (Wildman–Crippen LogP) is 3.78. The van der Waals surface area contributed by atoms with Crippen LogP contribution in [0.5, 0.6) is 0 Å². The van der Waals surface area contributed by atoms with E-state index in [4.69, 9.17) is 4.84 Å². The molecule has 1 rings (SSSR count). The molecule has 0 saturated heterocycles. The van der Waals surface area contributed by atoms with Crippen molar-refractivity contribution >= 4 is 6.21 Å². The minimum absolute atomic E-state index is 0.00828. The summed E-state index contributed by atoms with van der Waals surface area (Å²) in [6.45, 7) is 4.17. The molecule has 0 N–H and O–H groups in total. The van der Waals surface area contributed by atoms with Crippen molar-refractivity contribution in [3.8, 4) is 0 Å². The summed E-state index contributed by atoms with van der Waals surface area (Å²) in [6.07, 6.45) is -0.782. The second kappa shape index (κ2) is 6.20. The topological polar surface area (TPSA) is 21.6 Å². The van der Waals surface area contributed by atoms with Crippen LogP contribution < -0.4 is 0 Å². The highest BCUT2D eigenvalue weighted by Gasteiger charge is 2.06. The van der Waals surface area contributed by atoms with Gasteiger partial charge < -0.3 is 4.84 Å². The van der Waals surface area contributed by atoms with Gasteiger partial charge in [-0.25, -0.2) is 8.78 Å². The lowest BCUT2D eigenvalue weighted by atomic mass is 10.1. The first kappa shape index (κ1) is 12.6. The lowest BCUT2D eigenvalue weighted by molar-refractivity contribution is 0.129. The number of rotatable bonds is 5. The molecule has 0 aromatic heterocycles. The van der Waals surface area contributed by atoms with Crippen molar-refractivity contribution in [1.29, 1.82) is 0 Å². The molecule has 0 aliphatic carbocycles. The van der Waals surface area contributed by atoms with Gasteiger partial charge in [0.25, 0.3) is 6.43 Å². The quantitative estimate of drug-likeness (QED) is 0.554. The number of oxime groups is 1. The van der Waals surface area contributed by atoms with Crippen LogP contribution in [0.2, 0.25) is 0 Å². The highest BCUT2D eigenvalue weighted by Crippen LogP contribution is 2.19. The first-order chi connectivity index (χ1) is 7.59. The van der Waals surface area contributed by atoms with Gasteiger partial charge in [-0.3, -0.25) is 0 Å². The molecule has 0 amide bonds. The van der Waals surface area contributed by atoms with Crippen molar-refractivity contribution in [2.45, 2.75) is 26.9 Å². The Morgan fingerprint density at radius 3 is 2.75 bits per heavy atom. The van der Waals surface area contributed by atoms with E-state index in [1.54, 1.807) is 18.3 Å². The van der Waals surface area contributed by atoms with E-state index in [-0.39, 0.29) is 12.2 Å². The molecule has 0 heterocycles. The summed E-state index contributed by atoms with van der Waals surface area (Å²) in [7, 11) is 0. The lowest BCUT2D eigenvalue weighted by Crippen LogP contribution is -1.93. The van der Waals surface area contributed by atoms with Crippen molar-refractivity contribution in [1.82, 2.24) is 0 Å². The lowest BCUT2D eigenvalue weighted by Gasteiger charge is -2.03. The van der Waals surface area contributed by atoms with Gasteiger partial charge in [-0.15, -0.1) is 0 Å². The van der Waals surface area contributed by atoms with Crippen molar-refractivity contribution in [3.63, 3.8) is 0 Å². The summed E-state index contributed by atoms with van der Waals surface area (Å²) in [5.41, 5.74) is 0.702. The highest BCUT2D eigenvalue weighted by molar-refractivity contribution is 5.58. The van der Waals surface area contributed by atoms with Gasteiger partial charge in [0.15, 0.2) is 0 Å². The fourth-order valence-electron chi connectivity index (χ4n) is 1.10.